The summed E-state index contributed by atoms with van der Waals surface area (Å²) >= 11 is 3.41. The number of aliphatic carboxylic acids is 1. The average Bonchev–Trinajstić information content (AvgIpc) is 3.27. The minimum Gasteiger partial charge on any atom is -1.00 e. The van der Waals surface area contributed by atoms with Gasteiger partial charge in [-0.15, -0.1) is 23.1 Å². The number of aromatic amines is 1. The first kappa shape index (κ1) is 32.6. The van der Waals surface area contributed by atoms with Crippen LogP contribution in [0.3, 0.4) is 0 Å². The number of carbonyl (C=O) groups is 3. The number of aryl methyl sites for hydroxylation is 1. The number of carboxylic acid groups (broad SMARTS) is 1. The average molecular weight is 603 g/mol. The van der Waals surface area contributed by atoms with Crippen LogP contribution in [0.25, 0.3) is 0 Å². The predicted octanol–water partition coefficient (Wildman–Crippen LogP) is -7.38. The molecule has 2 aliphatic heterocycles. The minimum absolute atomic E-state index is 0. The van der Waals surface area contributed by atoms with Crippen molar-refractivity contribution >= 4 is 63.5 Å². The van der Waals surface area contributed by atoms with Crippen molar-refractivity contribution < 1.29 is 86.3 Å². The molecular weight excluding hydrogens is 582 g/mol. The maximum atomic E-state index is 12.9. The number of carbonyl (C=O) groups excluding carboxylic acids is 2. The van der Waals surface area contributed by atoms with Crippen LogP contribution in [-0.2, 0) is 26.3 Å². The van der Waals surface area contributed by atoms with Gasteiger partial charge in [0.25, 0.3) is 11.8 Å². The number of amides is 2. The molecule has 4 rings (SSSR count). The molecule has 2 amide bonds. The van der Waals surface area contributed by atoms with Gasteiger partial charge in [0.05, 0.1) is 0 Å². The Balaban J connectivity index is 0.00000380. The molecule has 2 aromatic heterocycles. The number of rotatable bonds is 8. The molecule has 0 radical (unpaired) electrons. The van der Waals surface area contributed by atoms with Gasteiger partial charge >= 0.3 is 76.2 Å². The molecule has 194 valence electrons. The number of thioether (sulfide) groups is 2. The molecule has 1 fully saturated rings. The van der Waals surface area contributed by atoms with E-state index >= 15 is 0 Å². The number of β-lactam (4-membered cyclic amide) rings is 1. The predicted molar refractivity (Wildman–Crippen MR) is 133 cm³/mol. The Bertz CT molecular complexity index is 1450. The maximum absolute atomic E-state index is 12.9. The van der Waals surface area contributed by atoms with Crippen molar-refractivity contribution in [3.63, 3.8) is 0 Å². The van der Waals surface area contributed by atoms with Gasteiger partial charge in [0, 0.05) is 23.9 Å². The second-order valence-electron chi connectivity index (χ2n) is 7.30. The molecule has 38 heavy (non-hydrogen) atoms. The SMILES string of the molecule is CON=C(C(=O)N[C@@H]1C(=O)N2C(C(=O)O)=C(CSc3nc(=O)c(=O)[nH]n3C)CS[C@H]12)c1csc(N)n1.[H-].[H-].[Na+].[Na+]. The van der Waals surface area contributed by atoms with Crippen molar-refractivity contribution in [2.45, 2.75) is 16.6 Å². The number of nitrogen functional groups attached to an aromatic ring is 1. The molecular formula is C18H20N8Na2O7S3. The fourth-order valence-corrected chi connectivity index (χ4v) is 6.39. The summed E-state index contributed by atoms with van der Waals surface area (Å²) in [6.45, 7) is 0. The standard InChI is InChI=1S/C18H18N8O7S3.2Na.2H/c1-25-18(22-12(28)13(29)23-25)36-4-6-3-34-15-9(14(30)26(15)10(6)16(31)32)21-11(27)8(24-33-2)7-5-35-17(19)20-7;;;;/h5,9,15H,3-4H2,1-2H3,(H2,19,20)(H,21,27)(H,23,29)(H,31,32);;;;/q;2*+1;2*-1/t9-,15-;;;;/m1..../s1. The van der Waals surface area contributed by atoms with E-state index in [1.807, 2.05) is 0 Å². The van der Waals surface area contributed by atoms with Crippen LogP contribution in [0.15, 0.2) is 36.6 Å². The van der Waals surface area contributed by atoms with Crippen molar-refractivity contribution in [3.05, 3.63) is 43.1 Å². The van der Waals surface area contributed by atoms with Gasteiger partial charge in [-0.05, 0) is 5.57 Å². The summed E-state index contributed by atoms with van der Waals surface area (Å²) in [5.41, 5.74) is 4.00. The summed E-state index contributed by atoms with van der Waals surface area (Å²) in [6.07, 6.45) is 0. The number of nitrogens with one attached hydrogen (secondary N) is 2. The largest absolute Gasteiger partial charge is 1.00 e. The van der Waals surface area contributed by atoms with Crippen molar-refractivity contribution in [1.29, 1.82) is 0 Å². The van der Waals surface area contributed by atoms with Crippen LogP contribution in [0, 0.1) is 0 Å². The van der Waals surface area contributed by atoms with Gasteiger partial charge in [0.1, 0.15) is 29.9 Å². The third kappa shape index (κ3) is 6.56. The van der Waals surface area contributed by atoms with Crippen LogP contribution in [0.4, 0.5) is 5.13 Å². The van der Waals surface area contributed by atoms with E-state index in [2.05, 4.69) is 25.5 Å². The molecule has 2 aromatic rings. The van der Waals surface area contributed by atoms with Crippen LogP contribution < -0.4 is 81.3 Å². The fraction of sp³-hybridized carbons (Fsp3) is 0.333. The van der Waals surface area contributed by atoms with Crippen LogP contribution in [0.5, 0.6) is 0 Å². The number of nitrogens with two attached hydrogens (primary N) is 1. The second kappa shape index (κ2) is 13.6. The zero-order chi connectivity index (χ0) is 26.1. The van der Waals surface area contributed by atoms with Crippen LogP contribution in [0.2, 0.25) is 0 Å². The number of nitrogens with zero attached hydrogens (tertiary/aromatic N) is 5. The zero-order valence-corrected chi connectivity index (χ0v) is 27.0. The summed E-state index contributed by atoms with van der Waals surface area (Å²) in [5.74, 6) is -2.30. The molecule has 1 saturated heterocycles. The van der Waals surface area contributed by atoms with Gasteiger partial charge in [-0.25, -0.2) is 9.78 Å². The molecule has 2 atom stereocenters. The number of hydrogen-bond donors (Lipinski definition) is 4. The molecule has 0 aromatic carbocycles. The molecule has 0 spiro atoms. The summed E-state index contributed by atoms with van der Waals surface area (Å²) < 4.78 is 1.25. The van der Waals surface area contributed by atoms with Gasteiger partial charge in [-0.3, -0.25) is 33.9 Å². The van der Waals surface area contributed by atoms with E-state index in [1.54, 1.807) is 0 Å². The maximum Gasteiger partial charge on any atom is 1.00 e. The van der Waals surface area contributed by atoms with E-state index in [0.29, 0.717) is 5.57 Å². The Hall–Kier alpha value is -1.64. The van der Waals surface area contributed by atoms with E-state index < -0.39 is 40.3 Å². The molecule has 0 bridgehead atoms. The van der Waals surface area contributed by atoms with Gasteiger partial charge in [0.2, 0.25) is 0 Å². The Morgan fingerprint density at radius 2 is 2.08 bits per heavy atom. The molecule has 2 aliphatic rings. The summed E-state index contributed by atoms with van der Waals surface area (Å²) in [6, 6.07) is -0.995. The third-order valence-corrected chi connectivity index (χ3v) is 8.15. The Labute approximate surface area is 273 Å². The first-order valence-electron chi connectivity index (χ1n) is 9.96. The number of aromatic nitrogens is 4. The Morgan fingerprint density at radius 3 is 2.68 bits per heavy atom. The molecule has 0 saturated carbocycles. The van der Waals surface area contributed by atoms with Gasteiger partial charge in [0.15, 0.2) is 16.0 Å². The molecule has 0 aliphatic carbocycles. The summed E-state index contributed by atoms with van der Waals surface area (Å²) in [4.78, 5) is 74.3. The van der Waals surface area contributed by atoms with Crippen molar-refractivity contribution in [3.8, 4) is 0 Å². The van der Waals surface area contributed by atoms with E-state index in [4.69, 9.17) is 10.6 Å². The summed E-state index contributed by atoms with van der Waals surface area (Å²) in [5, 5.41) is 19.6. The van der Waals surface area contributed by atoms with Gasteiger partial charge in [-0.2, -0.15) is 4.98 Å². The molecule has 20 heteroatoms. The Kier molecular flexibility index (Phi) is 11.7. The first-order valence-corrected chi connectivity index (χ1v) is 12.9. The number of thiazole rings is 1. The van der Waals surface area contributed by atoms with E-state index in [-0.39, 0.29) is 101 Å². The molecule has 0 unspecified atom stereocenters. The fourth-order valence-electron chi connectivity index (χ4n) is 3.44. The van der Waals surface area contributed by atoms with E-state index in [0.717, 1.165) is 28.0 Å². The number of fused-ring (bicyclic) bond motifs is 1. The van der Waals surface area contributed by atoms with Crippen molar-refractivity contribution in [2.24, 2.45) is 12.2 Å². The van der Waals surface area contributed by atoms with Crippen LogP contribution in [0.1, 0.15) is 8.55 Å². The van der Waals surface area contributed by atoms with Crippen LogP contribution in [-0.4, -0.2) is 83.3 Å². The molecule has 5 N–H and O–H groups in total. The topological polar surface area (TPSA) is 215 Å². The number of anilines is 1. The van der Waals surface area contributed by atoms with Gasteiger partial charge < -0.3 is 23.8 Å². The number of carboxylic acids is 1. The van der Waals surface area contributed by atoms with E-state index in [1.165, 1.54) is 36.0 Å². The number of hydrogen-bond acceptors (Lipinski definition) is 13. The van der Waals surface area contributed by atoms with Gasteiger partial charge in [-0.1, -0.05) is 16.9 Å². The normalized spacial score (nSPS) is 18.5. The zero-order valence-electron chi connectivity index (χ0n) is 22.6. The minimum atomic E-state index is -1.31. The third-order valence-electron chi connectivity index (χ3n) is 5.02. The van der Waals surface area contributed by atoms with Crippen molar-refractivity contribution in [2.75, 3.05) is 24.3 Å². The first-order chi connectivity index (χ1) is 17.1. The number of H-pyrrole nitrogens is 1. The van der Waals surface area contributed by atoms with E-state index in [9.17, 15) is 29.1 Å². The summed E-state index contributed by atoms with van der Waals surface area (Å²) in [7, 11) is 2.74. The van der Waals surface area contributed by atoms with Crippen LogP contribution >= 0.6 is 34.9 Å². The number of oxime groups is 1. The Morgan fingerprint density at radius 1 is 1.37 bits per heavy atom. The molecule has 15 nitrogen and oxygen atoms in total. The molecule has 4 heterocycles. The van der Waals surface area contributed by atoms with Crippen molar-refractivity contribution in [1.82, 2.24) is 30.0 Å². The smallest absolute Gasteiger partial charge is 1.00 e. The monoisotopic (exact) mass is 602 g/mol. The second-order valence-corrected chi connectivity index (χ2v) is 10.2. The quantitative estimate of drug-likeness (QED) is 0.0554.